The topological polar surface area (TPSA) is 43.9 Å². The fourth-order valence-electron chi connectivity index (χ4n) is 2.49. The Kier molecular flexibility index (Phi) is 5.32. The van der Waals surface area contributed by atoms with Gasteiger partial charge in [0.25, 0.3) is 10.2 Å². The molecule has 2 heterocycles. The van der Waals surface area contributed by atoms with Gasteiger partial charge in [0.2, 0.25) is 0 Å². The Labute approximate surface area is 115 Å². The molecule has 18 heavy (non-hydrogen) atoms. The van der Waals surface area contributed by atoms with Crippen molar-refractivity contribution in [3.05, 3.63) is 0 Å². The van der Waals surface area contributed by atoms with Crippen LogP contribution in [-0.4, -0.2) is 79.8 Å². The third kappa shape index (κ3) is 3.39. The lowest BCUT2D eigenvalue weighted by Gasteiger charge is -2.35. The molecular weight excluding hydrogens is 270 g/mol. The average molecular weight is 293 g/mol. The van der Waals surface area contributed by atoms with E-state index in [2.05, 4.69) is 11.2 Å². The summed E-state index contributed by atoms with van der Waals surface area (Å²) in [7, 11) is -3.17. The van der Waals surface area contributed by atoms with Gasteiger partial charge in [-0.05, 0) is 19.1 Å². The molecular formula is C11H23N3O2S2. The van der Waals surface area contributed by atoms with Gasteiger partial charge in [0, 0.05) is 51.6 Å². The summed E-state index contributed by atoms with van der Waals surface area (Å²) in [6, 6.07) is 0. The van der Waals surface area contributed by atoms with Crippen molar-refractivity contribution in [3.8, 4) is 0 Å². The average Bonchev–Trinajstić information content (AvgIpc) is 2.91. The van der Waals surface area contributed by atoms with E-state index in [1.807, 2.05) is 11.8 Å². The Bertz CT molecular complexity index is 347. The van der Waals surface area contributed by atoms with Gasteiger partial charge in [-0.2, -0.15) is 28.8 Å². The highest BCUT2D eigenvalue weighted by Crippen LogP contribution is 2.18. The van der Waals surface area contributed by atoms with Crippen molar-refractivity contribution in [2.75, 3.05) is 57.8 Å². The molecule has 7 heteroatoms. The largest absolute Gasteiger partial charge is 0.300 e. The molecule has 0 saturated carbocycles. The number of piperazine rings is 1. The second kappa shape index (κ2) is 6.56. The van der Waals surface area contributed by atoms with Crippen LogP contribution in [0, 0.1) is 0 Å². The van der Waals surface area contributed by atoms with Crippen LogP contribution in [0.15, 0.2) is 0 Å². The highest BCUT2D eigenvalue weighted by atomic mass is 32.2. The first-order valence-corrected chi connectivity index (χ1v) is 9.40. The third-order valence-electron chi connectivity index (χ3n) is 3.66. The number of thioether (sulfide) groups is 1. The van der Waals surface area contributed by atoms with Crippen LogP contribution in [0.1, 0.15) is 12.8 Å². The molecule has 2 rings (SSSR count). The zero-order chi connectivity index (χ0) is 13.0. The van der Waals surface area contributed by atoms with Crippen molar-refractivity contribution in [2.24, 2.45) is 0 Å². The minimum absolute atomic E-state index is 0.646. The molecule has 2 aliphatic rings. The molecule has 0 aromatic rings. The molecule has 0 unspecified atom stereocenters. The Hall–Kier alpha value is 0.180. The summed E-state index contributed by atoms with van der Waals surface area (Å²) < 4.78 is 28.0. The van der Waals surface area contributed by atoms with Crippen LogP contribution in [0.3, 0.4) is 0 Å². The maximum absolute atomic E-state index is 12.3. The Morgan fingerprint density at radius 3 is 2.06 bits per heavy atom. The van der Waals surface area contributed by atoms with Gasteiger partial charge in [-0.3, -0.25) is 4.90 Å². The van der Waals surface area contributed by atoms with Gasteiger partial charge in [-0.25, -0.2) is 0 Å². The molecule has 2 saturated heterocycles. The first-order valence-electron chi connectivity index (χ1n) is 6.61. The Morgan fingerprint density at radius 1 is 0.944 bits per heavy atom. The van der Waals surface area contributed by atoms with Crippen LogP contribution in [0.4, 0.5) is 0 Å². The molecule has 0 aliphatic carbocycles. The van der Waals surface area contributed by atoms with Crippen molar-refractivity contribution in [1.82, 2.24) is 13.5 Å². The molecule has 0 atom stereocenters. The van der Waals surface area contributed by atoms with E-state index in [1.54, 1.807) is 8.61 Å². The van der Waals surface area contributed by atoms with Gasteiger partial charge < -0.3 is 0 Å². The summed E-state index contributed by atoms with van der Waals surface area (Å²) in [6.45, 7) is 5.50. The zero-order valence-electron chi connectivity index (χ0n) is 11.0. The van der Waals surface area contributed by atoms with Crippen LogP contribution in [0.2, 0.25) is 0 Å². The number of hydrogen-bond donors (Lipinski definition) is 0. The summed E-state index contributed by atoms with van der Waals surface area (Å²) in [5.41, 5.74) is 0. The molecule has 0 radical (unpaired) electrons. The quantitative estimate of drug-likeness (QED) is 0.732. The standard InChI is InChI=1S/C11H23N3O2S2/c1-17-11-10-12-6-8-14(9-7-12)18(15,16)13-4-2-3-5-13/h2-11H2,1H3. The van der Waals surface area contributed by atoms with Gasteiger partial charge in [-0.1, -0.05) is 0 Å². The predicted molar refractivity (Wildman–Crippen MR) is 76.1 cm³/mol. The normalized spacial score (nSPS) is 24.7. The monoisotopic (exact) mass is 293 g/mol. The lowest BCUT2D eigenvalue weighted by molar-refractivity contribution is 0.191. The molecule has 0 amide bonds. The minimum atomic E-state index is -3.17. The SMILES string of the molecule is CSCCN1CCN(S(=O)(=O)N2CCCC2)CC1. The van der Waals surface area contributed by atoms with Gasteiger partial charge in [0.05, 0.1) is 0 Å². The molecule has 2 fully saturated rings. The van der Waals surface area contributed by atoms with Crippen molar-refractivity contribution >= 4 is 22.0 Å². The van der Waals surface area contributed by atoms with E-state index in [0.717, 1.165) is 38.2 Å². The van der Waals surface area contributed by atoms with E-state index in [1.165, 1.54) is 0 Å². The molecule has 106 valence electrons. The molecule has 0 bridgehead atoms. The van der Waals surface area contributed by atoms with Crippen molar-refractivity contribution in [2.45, 2.75) is 12.8 Å². The van der Waals surface area contributed by atoms with Gasteiger partial charge in [0.1, 0.15) is 0 Å². The number of rotatable bonds is 5. The summed E-state index contributed by atoms with van der Waals surface area (Å²) >= 11 is 1.84. The van der Waals surface area contributed by atoms with Crippen molar-refractivity contribution < 1.29 is 8.42 Å². The predicted octanol–water partition coefficient (Wildman–Crippen LogP) is 0.308. The smallest absolute Gasteiger partial charge is 0.282 e. The first kappa shape index (κ1) is 14.6. The van der Waals surface area contributed by atoms with Crippen LogP contribution in [0.5, 0.6) is 0 Å². The van der Waals surface area contributed by atoms with Crippen molar-refractivity contribution in [3.63, 3.8) is 0 Å². The van der Waals surface area contributed by atoms with Crippen molar-refractivity contribution in [1.29, 1.82) is 0 Å². The van der Waals surface area contributed by atoms with Crippen LogP contribution in [0.25, 0.3) is 0 Å². The number of nitrogens with zero attached hydrogens (tertiary/aromatic N) is 3. The molecule has 2 aliphatic heterocycles. The fourth-order valence-corrected chi connectivity index (χ4v) is 4.60. The summed E-state index contributed by atoms with van der Waals surface area (Å²) in [5, 5.41) is 0. The lowest BCUT2D eigenvalue weighted by Crippen LogP contribution is -2.52. The van der Waals surface area contributed by atoms with E-state index in [4.69, 9.17) is 0 Å². The summed E-state index contributed by atoms with van der Waals surface area (Å²) in [6.07, 6.45) is 4.12. The summed E-state index contributed by atoms with van der Waals surface area (Å²) in [5.74, 6) is 1.12. The molecule has 5 nitrogen and oxygen atoms in total. The van der Waals surface area contributed by atoms with E-state index < -0.39 is 10.2 Å². The maximum atomic E-state index is 12.3. The first-order chi connectivity index (χ1) is 8.64. The third-order valence-corrected chi connectivity index (χ3v) is 6.29. The zero-order valence-corrected chi connectivity index (χ0v) is 12.7. The highest BCUT2D eigenvalue weighted by Gasteiger charge is 2.33. The fraction of sp³-hybridized carbons (Fsp3) is 1.00. The van der Waals surface area contributed by atoms with E-state index in [9.17, 15) is 8.42 Å². The molecule has 0 spiro atoms. The molecule has 0 N–H and O–H groups in total. The van der Waals surface area contributed by atoms with Crippen LogP contribution >= 0.6 is 11.8 Å². The van der Waals surface area contributed by atoms with E-state index >= 15 is 0 Å². The maximum Gasteiger partial charge on any atom is 0.282 e. The van der Waals surface area contributed by atoms with Crippen LogP contribution in [-0.2, 0) is 10.2 Å². The molecule has 0 aromatic heterocycles. The van der Waals surface area contributed by atoms with Gasteiger partial charge in [-0.15, -0.1) is 0 Å². The summed E-state index contributed by atoms with van der Waals surface area (Å²) in [4.78, 5) is 2.35. The second-order valence-electron chi connectivity index (χ2n) is 4.85. The van der Waals surface area contributed by atoms with E-state index in [-0.39, 0.29) is 0 Å². The Morgan fingerprint density at radius 2 is 1.50 bits per heavy atom. The van der Waals surface area contributed by atoms with E-state index in [0.29, 0.717) is 26.2 Å². The molecule has 0 aromatic carbocycles. The highest BCUT2D eigenvalue weighted by molar-refractivity contribution is 7.98. The lowest BCUT2D eigenvalue weighted by atomic mass is 10.4. The van der Waals surface area contributed by atoms with Gasteiger partial charge >= 0.3 is 0 Å². The Balaban J connectivity index is 1.85. The minimum Gasteiger partial charge on any atom is -0.300 e. The van der Waals surface area contributed by atoms with Gasteiger partial charge in [0.15, 0.2) is 0 Å². The van der Waals surface area contributed by atoms with Crippen LogP contribution < -0.4 is 0 Å². The number of hydrogen-bond acceptors (Lipinski definition) is 4. The second-order valence-corrected chi connectivity index (χ2v) is 7.76.